The molecule has 0 spiro atoms. The lowest BCUT2D eigenvalue weighted by Crippen LogP contribution is -2.53. The van der Waals surface area contributed by atoms with Gasteiger partial charge in [0.15, 0.2) is 0 Å². The molecule has 5 heteroatoms. The van der Waals surface area contributed by atoms with Gasteiger partial charge < -0.3 is 15.4 Å². The summed E-state index contributed by atoms with van der Waals surface area (Å²) in [7, 11) is 0. The summed E-state index contributed by atoms with van der Waals surface area (Å²) in [5, 5.41) is 0. The number of piperidine rings is 2. The number of likely N-dealkylation sites (tertiary alicyclic amines) is 2. The topological polar surface area (TPSA) is 58.8 Å². The van der Waals surface area contributed by atoms with Crippen LogP contribution in [-0.2, 0) is 4.74 Å². The summed E-state index contributed by atoms with van der Waals surface area (Å²) in [6.45, 7) is 10.4. The highest BCUT2D eigenvalue weighted by molar-refractivity contribution is 5.68. The molecule has 2 heterocycles. The number of ether oxygens (including phenoxy) is 1. The molecule has 0 bridgehead atoms. The molecule has 21 heavy (non-hydrogen) atoms. The Hall–Kier alpha value is -0.810. The third-order valence-corrected chi connectivity index (χ3v) is 4.45. The van der Waals surface area contributed by atoms with E-state index >= 15 is 0 Å². The zero-order valence-corrected chi connectivity index (χ0v) is 13.8. The fourth-order valence-corrected chi connectivity index (χ4v) is 3.37. The van der Waals surface area contributed by atoms with Crippen LogP contribution in [0.15, 0.2) is 0 Å². The Morgan fingerprint density at radius 3 is 2.57 bits per heavy atom. The Labute approximate surface area is 128 Å². The van der Waals surface area contributed by atoms with Gasteiger partial charge in [0, 0.05) is 25.7 Å². The van der Waals surface area contributed by atoms with E-state index in [4.69, 9.17) is 10.5 Å². The largest absolute Gasteiger partial charge is 0.444 e. The second-order valence-electron chi connectivity index (χ2n) is 7.46. The Morgan fingerprint density at radius 1 is 1.19 bits per heavy atom. The van der Waals surface area contributed by atoms with Gasteiger partial charge in [-0.2, -0.15) is 0 Å². The molecule has 122 valence electrons. The number of hydrogen-bond acceptors (Lipinski definition) is 4. The van der Waals surface area contributed by atoms with Gasteiger partial charge in [-0.25, -0.2) is 4.79 Å². The maximum absolute atomic E-state index is 12.2. The number of nitrogens with zero attached hydrogens (tertiary/aromatic N) is 2. The molecule has 2 aliphatic heterocycles. The van der Waals surface area contributed by atoms with Crippen molar-refractivity contribution in [3.8, 4) is 0 Å². The first-order valence-corrected chi connectivity index (χ1v) is 8.31. The fourth-order valence-electron chi connectivity index (χ4n) is 3.37. The zero-order valence-electron chi connectivity index (χ0n) is 13.8. The van der Waals surface area contributed by atoms with E-state index in [1.54, 1.807) is 0 Å². The van der Waals surface area contributed by atoms with Crippen LogP contribution in [0.4, 0.5) is 4.79 Å². The molecule has 2 rings (SSSR count). The number of amides is 1. The van der Waals surface area contributed by atoms with Crippen molar-refractivity contribution in [2.75, 3.05) is 32.7 Å². The van der Waals surface area contributed by atoms with Gasteiger partial charge in [-0.1, -0.05) is 0 Å². The van der Waals surface area contributed by atoms with Gasteiger partial charge in [-0.3, -0.25) is 4.90 Å². The SMILES string of the molecule is CC(C)(C)OC(=O)N1CCCC(N2CCCC(CN)C2)C1. The Bertz CT molecular complexity index is 354. The van der Waals surface area contributed by atoms with Crippen LogP contribution in [0.5, 0.6) is 0 Å². The third-order valence-electron chi connectivity index (χ3n) is 4.45. The lowest BCUT2D eigenvalue weighted by atomic mass is 9.94. The van der Waals surface area contributed by atoms with Crippen molar-refractivity contribution in [1.82, 2.24) is 9.80 Å². The first-order valence-electron chi connectivity index (χ1n) is 8.31. The normalized spacial score (nSPS) is 28.5. The van der Waals surface area contributed by atoms with E-state index in [2.05, 4.69) is 4.90 Å². The van der Waals surface area contributed by atoms with Crippen LogP contribution < -0.4 is 5.73 Å². The summed E-state index contributed by atoms with van der Waals surface area (Å²) in [5.74, 6) is 0.621. The number of nitrogens with two attached hydrogens (primary N) is 1. The number of carbonyl (C=O) groups is 1. The molecule has 2 N–H and O–H groups in total. The third kappa shape index (κ3) is 4.85. The molecule has 2 fully saturated rings. The first kappa shape index (κ1) is 16.6. The first-order chi connectivity index (χ1) is 9.89. The van der Waals surface area contributed by atoms with Crippen LogP contribution in [-0.4, -0.2) is 60.3 Å². The highest BCUT2D eigenvalue weighted by Crippen LogP contribution is 2.23. The molecule has 2 saturated heterocycles. The molecule has 0 saturated carbocycles. The zero-order chi connectivity index (χ0) is 15.5. The average Bonchev–Trinajstić information content (AvgIpc) is 2.46. The molecule has 5 nitrogen and oxygen atoms in total. The lowest BCUT2D eigenvalue weighted by molar-refractivity contribution is 0.00640. The molecular weight excluding hydrogens is 266 g/mol. The van der Waals surface area contributed by atoms with E-state index in [9.17, 15) is 4.79 Å². The van der Waals surface area contributed by atoms with Crippen LogP contribution in [0, 0.1) is 5.92 Å². The van der Waals surface area contributed by atoms with Gasteiger partial charge >= 0.3 is 6.09 Å². The van der Waals surface area contributed by atoms with Gasteiger partial charge in [-0.05, 0) is 65.5 Å². The van der Waals surface area contributed by atoms with Crippen LogP contribution in [0.3, 0.4) is 0 Å². The summed E-state index contributed by atoms with van der Waals surface area (Å²) >= 11 is 0. The van der Waals surface area contributed by atoms with Crippen molar-refractivity contribution >= 4 is 6.09 Å². The summed E-state index contributed by atoms with van der Waals surface area (Å²) in [6.07, 6.45) is 4.55. The van der Waals surface area contributed by atoms with Crippen LogP contribution >= 0.6 is 0 Å². The van der Waals surface area contributed by atoms with Crippen molar-refractivity contribution in [3.63, 3.8) is 0 Å². The fraction of sp³-hybridized carbons (Fsp3) is 0.938. The Morgan fingerprint density at radius 2 is 1.90 bits per heavy atom. The summed E-state index contributed by atoms with van der Waals surface area (Å²) < 4.78 is 5.50. The van der Waals surface area contributed by atoms with E-state index in [0.717, 1.165) is 39.1 Å². The average molecular weight is 297 g/mol. The van der Waals surface area contributed by atoms with Crippen molar-refractivity contribution < 1.29 is 9.53 Å². The van der Waals surface area contributed by atoms with Gasteiger partial charge in [0.25, 0.3) is 0 Å². The molecule has 2 aliphatic rings. The second-order valence-corrected chi connectivity index (χ2v) is 7.46. The molecule has 2 unspecified atom stereocenters. The minimum atomic E-state index is -0.417. The van der Waals surface area contributed by atoms with Crippen LogP contribution in [0.25, 0.3) is 0 Å². The molecule has 0 aromatic heterocycles. The summed E-state index contributed by atoms with van der Waals surface area (Å²) in [5.41, 5.74) is 5.41. The number of carbonyl (C=O) groups excluding carboxylic acids is 1. The Balaban J connectivity index is 1.89. The quantitative estimate of drug-likeness (QED) is 0.847. The smallest absolute Gasteiger partial charge is 0.410 e. The van der Waals surface area contributed by atoms with Crippen LogP contribution in [0.1, 0.15) is 46.5 Å². The standard InChI is InChI=1S/C16H31N3O2/c1-16(2,3)21-15(20)19-9-5-7-14(12-19)18-8-4-6-13(10-17)11-18/h13-14H,4-12,17H2,1-3H3. The van der Waals surface area contributed by atoms with Crippen molar-refractivity contribution in [2.45, 2.75) is 58.1 Å². The lowest BCUT2D eigenvalue weighted by Gasteiger charge is -2.42. The molecule has 0 aliphatic carbocycles. The predicted molar refractivity (Wildman–Crippen MR) is 84.2 cm³/mol. The summed E-state index contributed by atoms with van der Waals surface area (Å²) in [4.78, 5) is 16.6. The highest BCUT2D eigenvalue weighted by Gasteiger charge is 2.32. The molecule has 0 aromatic rings. The highest BCUT2D eigenvalue weighted by atomic mass is 16.6. The van der Waals surface area contributed by atoms with E-state index in [-0.39, 0.29) is 6.09 Å². The minimum Gasteiger partial charge on any atom is -0.444 e. The van der Waals surface area contributed by atoms with E-state index < -0.39 is 5.60 Å². The predicted octanol–water partition coefficient (Wildman–Crippen LogP) is 2.06. The van der Waals surface area contributed by atoms with Crippen molar-refractivity contribution in [1.29, 1.82) is 0 Å². The van der Waals surface area contributed by atoms with E-state index in [0.29, 0.717) is 12.0 Å². The van der Waals surface area contributed by atoms with Gasteiger partial charge in [0.2, 0.25) is 0 Å². The van der Waals surface area contributed by atoms with Gasteiger partial charge in [0.1, 0.15) is 5.60 Å². The number of hydrogen-bond donors (Lipinski definition) is 1. The molecule has 2 atom stereocenters. The van der Waals surface area contributed by atoms with Crippen molar-refractivity contribution in [3.05, 3.63) is 0 Å². The molecule has 0 radical (unpaired) electrons. The molecular formula is C16H31N3O2. The Kier molecular flexibility index (Phi) is 5.49. The monoisotopic (exact) mass is 297 g/mol. The molecule has 1 amide bonds. The van der Waals surface area contributed by atoms with Crippen LogP contribution in [0.2, 0.25) is 0 Å². The van der Waals surface area contributed by atoms with Crippen molar-refractivity contribution in [2.24, 2.45) is 11.7 Å². The van der Waals surface area contributed by atoms with Gasteiger partial charge in [-0.15, -0.1) is 0 Å². The summed E-state index contributed by atoms with van der Waals surface area (Å²) in [6, 6.07) is 0.473. The second kappa shape index (κ2) is 6.97. The van der Waals surface area contributed by atoms with E-state index in [1.807, 2.05) is 25.7 Å². The molecule has 0 aromatic carbocycles. The minimum absolute atomic E-state index is 0.167. The maximum Gasteiger partial charge on any atom is 0.410 e. The van der Waals surface area contributed by atoms with E-state index in [1.165, 1.54) is 19.3 Å². The van der Waals surface area contributed by atoms with Gasteiger partial charge in [0.05, 0.1) is 0 Å². The maximum atomic E-state index is 12.2. The number of rotatable bonds is 2.